The average Bonchev–Trinajstić information content (AvgIpc) is 2.34. The standard InChI is InChI=1S/C8H15N3/c1-6(2)7(3)8-9-5-11(4)10-8/h5-7H,1-4H3. The normalized spacial score (nSPS) is 13.9. The zero-order valence-electron chi connectivity index (χ0n) is 7.57. The van der Waals surface area contributed by atoms with Gasteiger partial charge >= 0.3 is 0 Å². The summed E-state index contributed by atoms with van der Waals surface area (Å²) in [6, 6.07) is 0. The van der Waals surface area contributed by atoms with Crippen molar-refractivity contribution in [1.82, 2.24) is 14.8 Å². The molecule has 1 aromatic rings. The van der Waals surface area contributed by atoms with E-state index in [0.717, 1.165) is 5.82 Å². The van der Waals surface area contributed by atoms with E-state index in [0.29, 0.717) is 11.8 Å². The quantitative estimate of drug-likeness (QED) is 0.645. The molecule has 1 rings (SSSR count). The molecule has 0 amide bonds. The summed E-state index contributed by atoms with van der Waals surface area (Å²) in [5, 5.41) is 4.24. The molecule has 0 saturated carbocycles. The summed E-state index contributed by atoms with van der Waals surface area (Å²) in [4.78, 5) is 4.19. The number of nitrogens with zero attached hydrogens (tertiary/aromatic N) is 3. The van der Waals surface area contributed by atoms with E-state index < -0.39 is 0 Å². The second kappa shape index (κ2) is 3.03. The molecule has 3 heteroatoms. The SMILES string of the molecule is CC(C)C(C)c1ncn(C)n1. The number of aromatic nitrogens is 3. The van der Waals surface area contributed by atoms with Crippen molar-refractivity contribution in [3.8, 4) is 0 Å². The van der Waals surface area contributed by atoms with Crippen molar-refractivity contribution in [2.24, 2.45) is 13.0 Å². The molecule has 0 bridgehead atoms. The molecule has 0 aliphatic rings. The summed E-state index contributed by atoms with van der Waals surface area (Å²) in [6.07, 6.45) is 1.74. The minimum absolute atomic E-state index is 0.455. The van der Waals surface area contributed by atoms with Crippen LogP contribution in [0.5, 0.6) is 0 Å². The van der Waals surface area contributed by atoms with Gasteiger partial charge in [0.2, 0.25) is 0 Å². The van der Waals surface area contributed by atoms with Gasteiger partial charge in [-0.1, -0.05) is 20.8 Å². The first-order chi connectivity index (χ1) is 5.11. The first-order valence-corrected chi connectivity index (χ1v) is 3.96. The number of rotatable bonds is 2. The van der Waals surface area contributed by atoms with E-state index in [2.05, 4.69) is 30.9 Å². The molecule has 0 saturated heterocycles. The predicted molar refractivity (Wildman–Crippen MR) is 44.3 cm³/mol. The summed E-state index contributed by atoms with van der Waals surface area (Å²) >= 11 is 0. The second-order valence-electron chi connectivity index (χ2n) is 3.31. The fraction of sp³-hybridized carbons (Fsp3) is 0.750. The molecule has 3 nitrogen and oxygen atoms in total. The van der Waals surface area contributed by atoms with Crippen molar-refractivity contribution in [2.45, 2.75) is 26.7 Å². The van der Waals surface area contributed by atoms with Gasteiger partial charge in [-0.05, 0) is 5.92 Å². The Balaban J connectivity index is 2.76. The van der Waals surface area contributed by atoms with E-state index in [4.69, 9.17) is 0 Å². The molecule has 0 radical (unpaired) electrons. The van der Waals surface area contributed by atoms with Crippen molar-refractivity contribution in [1.29, 1.82) is 0 Å². The lowest BCUT2D eigenvalue weighted by Crippen LogP contribution is -2.04. The smallest absolute Gasteiger partial charge is 0.153 e. The molecule has 1 unspecified atom stereocenters. The Labute approximate surface area is 67.4 Å². The predicted octanol–water partition coefficient (Wildman–Crippen LogP) is 1.57. The van der Waals surface area contributed by atoms with Crippen LogP contribution in [0.4, 0.5) is 0 Å². The van der Waals surface area contributed by atoms with Crippen molar-refractivity contribution in [3.05, 3.63) is 12.2 Å². The van der Waals surface area contributed by atoms with Gasteiger partial charge in [0, 0.05) is 13.0 Å². The lowest BCUT2D eigenvalue weighted by Gasteiger charge is -2.10. The van der Waals surface area contributed by atoms with E-state index >= 15 is 0 Å². The van der Waals surface area contributed by atoms with Crippen LogP contribution >= 0.6 is 0 Å². The average molecular weight is 153 g/mol. The van der Waals surface area contributed by atoms with Gasteiger partial charge in [-0.15, -0.1) is 0 Å². The van der Waals surface area contributed by atoms with Crippen molar-refractivity contribution >= 4 is 0 Å². The largest absolute Gasteiger partial charge is 0.256 e. The van der Waals surface area contributed by atoms with Crippen molar-refractivity contribution in [3.63, 3.8) is 0 Å². The molecule has 0 aliphatic carbocycles. The lowest BCUT2D eigenvalue weighted by molar-refractivity contribution is 0.507. The van der Waals surface area contributed by atoms with Crippen molar-refractivity contribution in [2.75, 3.05) is 0 Å². The van der Waals surface area contributed by atoms with Crippen LogP contribution in [0, 0.1) is 5.92 Å². The van der Waals surface area contributed by atoms with E-state index in [1.165, 1.54) is 0 Å². The van der Waals surface area contributed by atoms with E-state index in [1.54, 1.807) is 11.0 Å². The highest BCUT2D eigenvalue weighted by atomic mass is 15.3. The molecule has 1 atom stereocenters. The summed E-state index contributed by atoms with van der Waals surface area (Å²) in [5.74, 6) is 2.01. The minimum Gasteiger partial charge on any atom is -0.256 e. The van der Waals surface area contributed by atoms with E-state index in [1.807, 2.05) is 7.05 Å². The fourth-order valence-electron chi connectivity index (χ4n) is 0.863. The Morgan fingerprint density at radius 2 is 2.00 bits per heavy atom. The van der Waals surface area contributed by atoms with Gasteiger partial charge in [-0.25, -0.2) is 4.98 Å². The molecule has 0 fully saturated rings. The number of aryl methyl sites for hydroxylation is 1. The van der Waals surface area contributed by atoms with Gasteiger partial charge in [-0.3, -0.25) is 4.68 Å². The van der Waals surface area contributed by atoms with E-state index in [-0.39, 0.29) is 0 Å². The van der Waals surface area contributed by atoms with Gasteiger partial charge in [0.15, 0.2) is 5.82 Å². The summed E-state index contributed by atoms with van der Waals surface area (Å²) in [7, 11) is 1.89. The molecular formula is C8H15N3. The lowest BCUT2D eigenvalue weighted by atomic mass is 9.98. The minimum atomic E-state index is 0.455. The van der Waals surface area contributed by atoms with Crippen molar-refractivity contribution < 1.29 is 0 Å². The Morgan fingerprint density at radius 1 is 1.36 bits per heavy atom. The van der Waals surface area contributed by atoms with Gasteiger partial charge < -0.3 is 0 Å². The number of hydrogen-bond acceptors (Lipinski definition) is 2. The number of hydrogen-bond donors (Lipinski definition) is 0. The second-order valence-corrected chi connectivity index (χ2v) is 3.31. The molecule has 0 aromatic carbocycles. The summed E-state index contributed by atoms with van der Waals surface area (Å²) < 4.78 is 1.74. The highest BCUT2D eigenvalue weighted by molar-refractivity contribution is 4.92. The third-order valence-corrected chi connectivity index (χ3v) is 2.02. The molecule has 1 heterocycles. The molecule has 11 heavy (non-hydrogen) atoms. The zero-order chi connectivity index (χ0) is 8.43. The maximum absolute atomic E-state index is 4.24. The van der Waals surface area contributed by atoms with Crippen LogP contribution in [0.2, 0.25) is 0 Å². The summed E-state index contributed by atoms with van der Waals surface area (Å²) in [5.41, 5.74) is 0. The van der Waals surface area contributed by atoms with Crippen LogP contribution in [0.15, 0.2) is 6.33 Å². The van der Waals surface area contributed by atoms with Gasteiger partial charge in [0.05, 0.1) is 0 Å². The Kier molecular flexibility index (Phi) is 2.27. The summed E-state index contributed by atoms with van der Waals surface area (Å²) in [6.45, 7) is 6.52. The zero-order valence-corrected chi connectivity index (χ0v) is 7.57. The molecule has 0 N–H and O–H groups in total. The van der Waals surface area contributed by atoms with Crippen LogP contribution < -0.4 is 0 Å². The van der Waals surface area contributed by atoms with Crippen LogP contribution in [-0.4, -0.2) is 14.8 Å². The maximum atomic E-state index is 4.24. The highest BCUT2D eigenvalue weighted by Gasteiger charge is 2.13. The van der Waals surface area contributed by atoms with Crippen LogP contribution in [-0.2, 0) is 7.05 Å². The van der Waals surface area contributed by atoms with Gasteiger partial charge in [0.25, 0.3) is 0 Å². The Hall–Kier alpha value is -0.860. The first kappa shape index (κ1) is 8.24. The van der Waals surface area contributed by atoms with Crippen LogP contribution in [0.3, 0.4) is 0 Å². The molecule has 0 aliphatic heterocycles. The highest BCUT2D eigenvalue weighted by Crippen LogP contribution is 2.18. The first-order valence-electron chi connectivity index (χ1n) is 3.96. The fourth-order valence-corrected chi connectivity index (χ4v) is 0.863. The molecule has 62 valence electrons. The Morgan fingerprint density at radius 3 is 2.36 bits per heavy atom. The molecular weight excluding hydrogens is 138 g/mol. The third-order valence-electron chi connectivity index (χ3n) is 2.02. The Bertz CT molecular complexity index is 227. The van der Waals surface area contributed by atoms with Gasteiger partial charge in [-0.2, -0.15) is 5.10 Å². The van der Waals surface area contributed by atoms with Crippen LogP contribution in [0.25, 0.3) is 0 Å². The van der Waals surface area contributed by atoms with Gasteiger partial charge in [0.1, 0.15) is 6.33 Å². The monoisotopic (exact) mass is 153 g/mol. The van der Waals surface area contributed by atoms with E-state index in [9.17, 15) is 0 Å². The maximum Gasteiger partial charge on any atom is 0.153 e. The van der Waals surface area contributed by atoms with Crippen LogP contribution in [0.1, 0.15) is 32.5 Å². The molecule has 0 spiro atoms. The topological polar surface area (TPSA) is 30.7 Å². The molecule has 1 aromatic heterocycles. The third kappa shape index (κ3) is 1.79.